The van der Waals surface area contributed by atoms with Gasteiger partial charge >= 0.3 is 0 Å². The number of nitrogens with zero attached hydrogens (tertiary/aromatic N) is 3. The summed E-state index contributed by atoms with van der Waals surface area (Å²) in [7, 11) is 1.57. The number of aromatic nitrogens is 2. The highest BCUT2D eigenvalue weighted by molar-refractivity contribution is 5.78. The summed E-state index contributed by atoms with van der Waals surface area (Å²) in [5, 5.41) is 3.00. The summed E-state index contributed by atoms with van der Waals surface area (Å²) >= 11 is 0. The molecule has 7 nitrogen and oxygen atoms in total. The quantitative estimate of drug-likeness (QED) is 0.859. The molecule has 0 radical (unpaired) electrons. The maximum atomic E-state index is 12.1. The maximum absolute atomic E-state index is 12.1. The number of ether oxygens (including phenoxy) is 2. The maximum Gasteiger partial charge on any atom is 0.258 e. The molecule has 1 atom stereocenters. The van der Waals surface area contributed by atoms with Crippen LogP contribution in [0.5, 0.6) is 11.6 Å². The molecule has 0 spiro atoms. The summed E-state index contributed by atoms with van der Waals surface area (Å²) in [5.41, 5.74) is 1.15. The Hall–Kier alpha value is -2.83. The molecule has 1 fully saturated rings. The van der Waals surface area contributed by atoms with E-state index < -0.39 is 0 Å². The number of aryl methyl sites for hydroxylation is 1. The van der Waals surface area contributed by atoms with Gasteiger partial charge in [0.1, 0.15) is 5.75 Å². The lowest BCUT2D eigenvalue weighted by Crippen LogP contribution is -2.39. The molecule has 1 aliphatic rings. The number of rotatable bonds is 6. The SMILES string of the molecule is COc1nccnc1N1CC[C@H](NC(=O)COc2ccc(C)cc2)C1. The summed E-state index contributed by atoms with van der Waals surface area (Å²) < 4.78 is 10.8. The minimum absolute atomic E-state index is 0.00796. The Morgan fingerprint density at radius 1 is 1.28 bits per heavy atom. The van der Waals surface area contributed by atoms with Gasteiger partial charge in [-0.2, -0.15) is 0 Å². The Morgan fingerprint density at radius 2 is 2.04 bits per heavy atom. The number of hydrogen-bond acceptors (Lipinski definition) is 6. The monoisotopic (exact) mass is 342 g/mol. The zero-order valence-electron chi connectivity index (χ0n) is 14.4. The van der Waals surface area contributed by atoms with E-state index in [9.17, 15) is 4.79 Å². The summed E-state index contributed by atoms with van der Waals surface area (Å²) in [5.74, 6) is 1.77. The summed E-state index contributed by atoms with van der Waals surface area (Å²) in [4.78, 5) is 22.7. The van der Waals surface area contributed by atoms with Crippen LogP contribution in [0.25, 0.3) is 0 Å². The first kappa shape index (κ1) is 17.0. The Morgan fingerprint density at radius 3 is 2.80 bits per heavy atom. The van der Waals surface area contributed by atoms with Crippen LogP contribution < -0.4 is 19.7 Å². The number of anilines is 1. The average Bonchev–Trinajstić information content (AvgIpc) is 3.09. The fourth-order valence-electron chi connectivity index (χ4n) is 2.80. The van der Waals surface area contributed by atoms with Crippen LogP contribution >= 0.6 is 0 Å². The van der Waals surface area contributed by atoms with Gasteiger partial charge < -0.3 is 19.7 Å². The molecule has 1 amide bonds. The highest BCUT2D eigenvalue weighted by Gasteiger charge is 2.27. The number of methoxy groups -OCH3 is 1. The van der Waals surface area contributed by atoms with Gasteiger partial charge in [0.15, 0.2) is 12.4 Å². The molecule has 132 valence electrons. The van der Waals surface area contributed by atoms with Crippen LogP contribution in [0.1, 0.15) is 12.0 Å². The third-order valence-electron chi connectivity index (χ3n) is 4.08. The third kappa shape index (κ3) is 4.37. The van der Waals surface area contributed by atoms with E-state index in [0.717, 1.165) is 18.5 Å². The van der Waals surface area contributed by atoms with Crippen LogP contribution in [0.15, 0.2) is 36.7 Å². The summed E-state index contributed by atoms with van der Waals surface area (Å²) in [6, 6.07) is 7.69. The highest BCUT2D eigenvalue weighted by Crippen LogP contribution is 2.25. The molecular formula is C18H22N4O3. The number of benzene rings is 1. The second-order valence-electron chi connectivity index (χ2n) is 5.99. The van der Waals surface area contributed by atoms with Gasteiger partial charge in [0, 0.05) is 31.5 Å². The van der Waals surface area contributed by atoms with Crippen LogP contribution in [0.3, 0.4) is 0 Å². The number of carbonyl (C=O) groups is 1. The Bertz CT molecular complexity index is 721. The van der Waals surface area contributed by atoms with Gasteiger partial charge in [-0.1, -0.05) is 17.7 Å². The molecule has 0 bridgehead atoms. The molecule has 2 aromatic rings. The summed E-state index contributed by atoms with van der Waals surface area (Å²) in [6.45, 7) is 3.48. The first-order valence-corrected chi connectivity index (χ1v) is 8.24. The number of amides is 1. The van der Waals surface area contributed by atoms with E-state index in [1.54, 1.807) is 19.5 Å². The zero-order valence-corrected chi connectivity index (χ0v) is 14.4. The van der Waals surface area contributed by atoms with Crippen LogP contribution in [-0.4, -0.2) is 48.7 Å². The van der Waals surface area contributed by atoms with Gasteiger partial charge in [0.05, 0.1) is 7.11 Å². The number of carbonyl (C=O) groups excluding carboxylic acids is 1. The fraction of sp³-hybridized carbons (Fsp3) is 0.389. The van der Waals surface area contributed by atoms with Crippen molar-refractivity contribution in [2.45, 2.75) is 19.4 Å². The second kappa shape index (κ2) is 7.83. The van der Waals surface area contributed by atoms with E-state index in [1.807, 2.05) is 31.2 Å². The van der Waals surface area contributed by atoms with E-state index in [1.165, 1.54) is 0 Å². The van der Waals surface area contributed by atoms with Gasteiger partial charge in [-0.05, 0) is 25.5 Å². The number of hydrogen-bond donors (Lipinski definition) is 1. The van der Waals surface area contributed by atoms with Crippen molar-refractivity contribution < 1.29 is 14.3 Å². The molecule has 7 heteroatoms. The smallest absolute Gasteiger partial charge is 0.258 e. The largest absolute Gasteiger partial charge is 0.484 e. The second-order valence-corrected chi connectivity index (χ2v) is 5.99. The molecule has 1 aromatic carbocycles. The average molecular weight is 342 g/mol. The van der Waals surface area contributed by atoms with Gasteiger partial charge in [0.2, 0.25) is 0 Å². The fourth-order valence-corrected chi connectivity index (χ4v) is 2.80. The predicted octanol–water partition coefficient (Wildman–Crippen LogP) is 1.57. The number of nitrogens with one attached hydrogen (secondary N) is 1. The van der Waals surface area contributed by atoms with Crippen molar-refractivity contribution in [2.75, 3.05) is 31.7 Å². The molecule has 3 rings (SSSR count). The van der Waals surface area contributed by atoms with E-state index in [0.29, 0.717) is 24.0 Å². The Labute approximate surface area is 147 Å². The minimum atomic E-state index is -0.126. The van der Waals surface area contributed by atoms with E-state index >= 15 is 0 Å². The first-order chi connectivity index (χ1) is 12.2. The predicted molar refractivity (Wildman–Crippen MR) is 94.0 cm³/mol. The highest BCUT2D eigenvalue weighted by atomic mass is 16.5. The van der Waals surface area contributed by atoms with Crippen molar-refractivity contribution in [3.63, 3.8) is 0 Å². The van der Waals surface area contributed by atoms with Crippen molar-refractivity contribution in [1.29, 1.82) is 0 Å². The van der Waals surface area contributed by atoms with Gasteiger partial charge in [-0.15, -0.1) is 0 Å². The standard InChI is InChI=1S/C18H22N4O3/c1-13-3-5-15(6-4-13)25-12-16(23)21-14-7-10-22(11-14)17-18(24-2)20-9-8-19-17/h3-6,8-9,14H,7,10-12H2,1-2H3,(H,21,23)/t14-/m0/s1. The molecule has 1 aromatic heterocycles. The van der Waals surface area contributed by atoms with Gasteiger partial charge in [-0.25, -0.2) is 9.97 Å². The van der Waals surface area contributed by atoms with Crippen LogP contribution in [-0.2, 0) is 4.79 Å². The third-order valence-corrected chi connectivity index (χ3v) is 4.08. The molecule has 0 saturated carbocycles. The van der Waals surface area contributed by atoms with Gasteiger partial charge in [-0.3, -0.25) is 4.79 Å². The van der Waals surface area contributed by atoms with E-state index in [2.05, 4.69) is 20.2 Å². The molecule has 1 aliphatic heterocycles. The lowest BCUT2D eigenvalue weighted by atomic mass is 10.2. The van der Waals surface area contributed by atoms with Crippen LogP contribution in [0.2, 0.25) is 0 Å². The molecule has 2 heterocycles. The lowest BCUT2D eigenvalue weighted by Gasteiger charge is -2.19. The topological polar surface area (TPSA) is 76.6 Å². The van der Waals surface area contributed by atoms with Crippen LogP contribution in [0, 0.1) is 6.92 Å². The van der Waals surface area contributed by atoms with Crippen molar-refractivity contribution in [3.05, 3.63) is 42.2 Å². The Kier molecular flexibility index (Phi) is 5.33. The molecule has 1 saturated heterocycles. The zero-order chi connectivity index (χ0) is 17.6. The molecular weight excluding hydrogens is 320 g/mol. The molecule has 25 heavy (non-hydrogen) atoms. The van der Waals surface area contributed by atoms with Crippen LogP contribution in [0.4, 0.5) is 5.82 Å². The minimum Gasteiger partial charge on any atom is -0.484 e. The van der Waals surface area contributed by atoms with Crippen molar-refractivity contribution in [1.82, 2.24) is 15.3 Å². The van der Waals surface area contributed by atoms with E-state index in [4.69, 9.17) is 9.47 Å². The lowest BCUT2D eigenvalue weighted by molar-refractivity contribution is -0.123. The summed E-state index contributed by atoms with van der Waals surface area (Å²) in [6.07, 6.45) is 4.08. The normalized spacial score (nSPS) is 16.6. The molecule has 1 N–H and O–H groups in total. The van der Waals surface area contributed by atoms with Crippen molar-refractivity contribution in [3.8, 4) is 11.6 Å². The van der Waals surface area contributed by atoms with E-state index in [-0.39, 0.29) is 18.6 Å². The first-order valence-electron chi connectivity index (χ1n) is 8.24. The molecule has 0 aliphatic carbocycles. The van der Waals surface area contributed by atoms with Crippen molar-refractivity contribution in [2.24, 2.45) is 0 Å². The Balaban J connectivity index is 1.49. The molecule has 0 unspecified atom stereocenters. The van der Waals surface area contributed by atoms with Gasteiger partial charge in [0.25, 0.3) is 11.8 Å². The van der Waals surface area contributed by atoms with Crippen molar-refractivity contribution >= 4 is 11.7 Å².